The predicted octanol–water partition coefficient (Wildman–Crippen LogP) is 1.63. The summed E-state index contributed by atoms with van der Waals surface area (Å²) in [6.07, 6.45) is 0.400. The first-order valence-corrected chi connectivity index (χ1v) is 7.03. The Morgan fingerprint density at radius 2 is 1.83 bits per heavy atom. The van der Waals surface area contributed by atoms with E-state index in [2.05, 4.69) is 0 Å². The van der Waals surface area contributed by atoms with Gasteiger partial charge in [0.15, 0.2) is 0 Å². The number of hydrogen-bond donors (Lipinski definition) is 0. The topological polar surface area (TPSA) is 40.6 Å². The van der Waals surface area contributed by atoms with Crippen molar-refractivity contribution in [2.24, 2.45) is 0 Å². The van der Waals surface area contributed by atoms with E-state index in [0.717, 1.165) is 4.88 Å². The van der Waals surface area contributed by atoms with Gasteiger partial charge in [-0.05, 0) is 12.1 Å². The quantitative estimate of drug-likeness (QED) is 0.829. The van der Waals surface area contributed by atoms with Gasteiger partial charge in [-0.15, -0.1) is 11.3 Å². The average Bonchev–Trinajstić information content (AvgIpc) is 2.75. The first-order chi connectivity index (χ1) is 8.56. The van der Waals surface area contributed by atoms with Crippen LogP contribution in [-0.4, -0.2) is 47.8 Å². The molecule has 2 heterocycles. The molecule has 4 nitrogen and oxygen atoms in total. The summed E-state index contributed by atoms with van der Waals surface area (Å²) in [4.78, 5) is 27.8. The van der Waals surface area contributed by atoms with E-state index in [4.69, 9.17) is 11.6 Å². The van der Waals surface area contributed by atoms with Gasteiger partial charge < -0.3 is 9.80 Å². The van der Waals surface area contributed by atoms with E-state index in [0.29, 0.717) is 36.9 Å². The monoisotopic (exact) mass is 286 g/mol. The van der Waals surface area contributed by atoms with Gasteiger partial charge in [-0.2, -0.15) is 0 Å². The van der Waals surface area contributed by atoms with Crippen LogP contribution in [0.4, 0.5) is 0 Å². The summed E-state index contributed by atoms with van der Waals surface area (Å²) in [5.74, 6) is 0.184. The molecule has 1 saturated heterocycles. The Morgan fingerprint density at radius 1 is 1.22 bits per heavy atom. The predicted molar refractivity (Wildman–Crippen MR) is 71.9 cm³/mol. The minimum Gasteiger partial charge on any atom is -0.339 e. The summed E-state index contributed by atoms with van der Waals surface area (Å²) in [6, 6.07) is 3.69. The normalized spacial score (nSPS) is 15.9. The third-order valence-electron chi connectivity index (χ3n) is 3.03. The molecular formula is C12H15ClN2O2S. The van der Waals surface area contributed by atoms with Crippen LogP contribution in [0.3, 0.4) is 0 Å². The molecule has 0 aliphatic carbocycles. The van der Waals surface area contributed by atoms with E-state index in [1.807, 2.05) is 17.0 Å². The highest BCUT2D eigenvalue weighted by Crippen LogP contribution is 2.22. The van der Waals surface area contributed by atoms with Gasteiger partial charge in [-0.3, -0.25) is 9.59 Å². The van der Waals surface area contributed by atoms with Crippen LogP contribution < -0.4 is 0 Å². The van der Waals surface area contributed by atoms with Gasteiger partial charge in [0.1, 0.15) is 0 Å². The van der Waals surface area contributed by atoms with Crippen molar-refractivity contribution in [2.45, 2.75) is 13.3 Å². The zero-order valence-electron chi connectivity index (χ0n) is 10.2. The molecular weight excluding hydrogens is 272 g/mol. The fraction of sp³-hybridized carbons (Fsp3) is 0.500. The molecule has 0 N–H and O–H groups in total. The van der Waals surface area contributed by atoms with E-state index in [1.165, 1.54) is 11.3 Å². The molecule has 18 heavy (non-hydrogen) atoms. The average molecular weight is 287 g/mol. The molecule has 0 atom stereocenters. The van der Waals surface area contributed by atoms with Crippen molar-refractivity contribution in [1.82, 2.24) is 9.80 Å². The number of hydrogen-bond acceptors (Lipinski definition) is 3. The van der Waals surface area contributed by atoms with Crippen molar-refractivity contribution in [3.05, 3.63) is 21.3 Å². The lowest BCUT2D eigenvalue weighted by atomic mass is 10.2. The summed E-state index contributed by atoms with van der Waals surface area (Å²) in [7, 11) is 0. The summed E-state index contributed by atoms with van der Waals surface area (Å²) < 4.78 is 0.708. The highest BCUT2D eigenvalue weighted by Gasteiger charge is 2.22. The molecule has 1 aromatic rings. The molecule has 0 radical (unpaired) electrons. The molecule has 0 unspecified atom stereocenters. The van der Waals surface area contributed by atoms with Gasteiger partial charge in [-0.25, -0.2) is 0 Å². The second kappa shape index (κ2) is 5.71. The van der Waals surface area contributed by atoms with Crippen LogP contribution >= 0.6 is 22.9 Å². The third-order valence-corrected chi connectivity index (χ3v) is 4.26. The Bertz CT molecular complexity index is 453. The number of thiophene rings is 1. The first kappa shape index (κ1) is 13.4. The fourth-order valence-electron chi connectivity index (χ4n) is 1.98. The lowest BCUT2D eigenvalue weighted by Gasteiger charge is -2.34. The Morgan fingerprint density at radius 3 is 2.33 bits per heavy atom. The zero-order chi connectivity index (χ0) is 13.1. The van der Waals surface area contributed by atoms with E-state index in [9.17, 15) is 9.59 Å². The van der Waals surface area contributed by atoms with Crippen molar-refractivity contribution in [3.8, 4) is 0 Å². The molecule has 1 aromatic heterocycles. The van der Waals surface area contributed by atoms with E-state index in [-0.39, 0.29) is 11.8 Å². The zero-order valence-corrected chi connectivity index (χ0v) is 11.8. The molecule has 0 bridgehead atoms. The number of halogens is 1. The number of nitrogens with zero attached hydrogens (tertiary/aromatic N) is 2. The van der Waals surface area contributed by atoms with Gasteiger partial charge in [0.2, 0.25) is 11.8 Å². The Hall–Kier alpha value is -1.07. The van der Waals surface area contributed by atoms with Crippen LogP contribution in [0.2, 0.25) is 4.34 Å². The second-order valence-electron chi connectivity index (χ2n) is 4.27. The van der Waals surface area contributed by atoms with Crippen molar-refractivity contribution in [3.63, 3.8) is 0 Å². The van der Waals surface area contributed by atoms with Crippen LogP contribution in [0.25, 0.3) is 0 Å². The maximum absolute atomic E-state index is 12.0. The highest BCUT2D eigenvalue weighted by molar-refractivity contribution is 7.16. The van der Waals surface area contributed by atoms with Crippen LogP contribution in [0.5, 0.6) is 0 Å². The number of carbonyl (C=O) groups is 2. The summed E-state index contributed by atoms with van der Waals surface area (Å²) in [6.45, 7) is 4.07. The number of piperazine rings is 1. The molecule has 2 rings (SSSR count). The SMILES string of the molecule is CC(=O)N1CCN(C(=O)Cc2ccc(Cl)s2)CC1. The van der Waals surface area contributed by atoms with Crippen LogP contribution in [0.1, 0.15) is 11.8 Å². The third kappa shape index (κ3) is 3.23. The molecule has 1 fully saturated rings. The standard InChI is InChI=1S/C12H15ClN2O2S/c1-9(16)14-4-6-15(7-5-14)12(17)8-10-2-3-11(13)18-10/h2-3H,4-8H2,1H3. The summed E-state index contributed by atoms with van der Waals surface area (Å²) >= 11 is 7.27. The van der Waals surface area contributed by atoms with Gasteiger partial charge in [0.05, 0.1) is 10.8 Å². The maximum Gasteiger partial charge on any atom is 0.227 e. The van der Waals surface area contributed by atoms with Gasteiger partial charge in [0, 0.05) is 38.0 Å². The molecule has 1 aliphatic heterocycles. The minimum atomic E-state index is 0.0761. The molecule has 1 aliphatic rings. The Kier molecular flexibility index (Phi) is 4.24. The summed E-state index contributed by atoms with van der Waals surface area (Å²) in [5, 5.41) is 0. The Labute approximate surface area is 115 Å². The fourth-order valence-corrected chi connectivity index (χ4v) is 3.06. The van der Waals surface area contributed by atoms with Gasteiger partial charge in [0.25, 0.3) is 0 Å². The van der Waals surface area contributed by atoms with Crippen LogP contribution in [0, 0.1) is 0 Å². The van der Waals surface area contributed by atoms with Crippen molar-refractivity contribution in [2.75, 3.05) is 26.2 Å². The van der Waals surface area contributed by atoms with Crippen molar-refractivity contribution >= 4 is 34.8 Å². The number of rotatable bonds is 2. The summed E-state index contributed by atoms with van der Waals surface area (Å²) in [5.41, 5.74) is 0. The largest absolute Gasteiger partial charge is 0.339 e. The minimum absolute atomic E-state index is 0.0761. The van der Waals surface area contributed by atoms with E-state index < -0.39 is 0 Å². The lowest BCUT2D eigenvalue weighted by molar-refractivity contribution is -0.137. The van der Waals surface area contributed by atoms with E-state index >= 15 is 0 Å². The molecule has 2 amide bonds. The first-order valence-electron chi connectivity index (χ1n) is 5.84. The highest BCUT2D eigenvalue weighted by atomic mass is 35.5. The van der Waals surface area contributed by atoms with Gasteiger partial charge >= 0.3 is 0 Å². The van der Waals surface area contributed by atoms with Crippen LogP contribution in [-0.2, 0) is 16.0 Å². The van der Waals surface area contributed by atoms with Crippen molar-refractivity contribution in [1.29, 1.82) is 0 Å². The number of amides is 2. The van der Waals surface area contributed by atoms with Gasteiger partial charge in [-0.1, -0.05) is 11.6 Å². The second-order valence-corrected chi connectivity index (χ2v) is 6.07. The molecule has 0 saturated carbocycles. The molecule has 0 aromatic carbocycles. The van der Waals surface area contributed by atoms with E-state index in [1.54, 1.807) is 11.8 Å². The van der Waals surface area contributed by atoms with Crippen molar-refractivity contribution < 1.29 is 9.59 Å². The molecule has 98 valence electrons. The van der Waals surface area contributed by atoms with Crippen LogP contribution in [0.15, 0.2) is 12.1 Å². The lowest BCUT2D eigenvalue weighted by Crippen LogP contribution is -2.50. The maximum atomic E-state index is 12.0. The molecule has 0 spiro atoms. The number of carbonyl (C=O) groups excluding carboxylic acids is 2. The molecule has 6 heteroatoms. The Balaban J connectivity index is 1.86. The smallest absolute Gasteiger partial charge is 0.227 e.